The summed E-state index contributed by atoms with van der Waals surface area (Å²) in [6.45, 7) is 7.83. The molecule has 0 aromatic carbocycles. The van der Waals surface area contributed by atoms with E-state index < -0.39 is 59.1 Å². The average molecular weight is 551 g/mol. The lowest BCUT2D eigenvalue weighted by Crippen LogP contribution is -2.69. The summed E-state index contributed by atoms with van der Waals surface area (Å²) in [6.07, 6.45) is 2.81. The van der Waals surface area contributed by atoms with Crippen LogP contribution in [0, 0.1) is 22.7 Å². The quantitative estimate of drug-likeness (QED) is 0.326. The number of hydrogen-bond acceptors (Lipinski definition) is 10. The molecule has 3 N–H and O–H groups in total. The van der Waals surface area contributed by atoms with Crippen LogP contribution in [-0.2, 0) is 33.3 Å². The molecule has 0 amide bonds. The Kier molecular flexibility index (Phi) is 7.76. The molecule has 2 saturated heterocycles. The van der Waals surface area contributed by atoms with E-state index in [0.29, 0.717) is 25.9 Å². The molecule has 39 heavy (non-hydrogen) atoms. The number of epoxide rings is 1. The van der Waals surface area contributed by atoms with Gasteiger partial charge in [-0.1, -0.05) is 39.0 Å². The third-order valence-corrected chi connectivity index (χ3v) is 10.0. The number of aliphatic hydroxyl groups excluding tert-OH is 3. The molecule has 2 spiro atoms. The predicted molar refractivity (Wildman–Crippen MR) is 137 cm³/mol. The van der Waals surface area contributed by atoms with Crippen molar-refractivity contribution in [3.05, 3.63) is 24.3 Å². The summed E-state index contributed by atoms with van der Waals surface area (Å²) < 4.78 is 30.3. The molecule has 2 saturated carbocycles. The van der Waals surface area contributed by atoms with Crippen molar-refractivity contribution < 1.29 is 48.6 Å². The zero-order valence-electron chi connectivity index (χ0n) is 23.2. The highest BCUT2D eigenvalue weighted by Gasteiger charge is 2.83. The Morgan fingerprint density at radius 1 is 1.00 bits per heavy atom. The Morgan fingerprint density at radius 3 is 2.44 bits per heavy atom. The van der Waals surface area contributed by atoms with Gasteiger partial charge in [0.05, 0.1) is 36.4 Å². The van der Waals surface area contributed by atoms with Gasteiger partial charge in [0.15, 0.2) is 6.29 Å². The molecule has 3 aliphatic heterocycles. The Bertz CT molecular complexity index is 1000. The van der Waals surface area contributed by atoms with E-state index in [-0.39, 0.29) is 43.5 Å². The Morgan fingerprint density at radius 2 is 1.74 bits per heavy atom. The molecule has 5 rings (SSSR count). The second kappa shape index (κ2) is 10.5. The lowest BCUT2D eigenvalue weighted by molar-refractivity contribution is -0.268. The molecule has 12 atom stereocenters. The van der Waals surface area contributed by atoms with Gasteiger partial charge >= 0.3 is 11.9 Å². The van der Waals surface area contributed by atoms with Gasteiger partial charge < -0.3 is 39.0 Å². The predicted octanol–water partition coefficient (Wildman–Crippen LogP) is 1.79. The summed E-state index contributed by atoms with van der Waals surface area (Å²) in [5.74, 6) is -1.23. The standard InChI is InChI=1S/C29H42O10/c1-16-9-25(33)35-14-28-13-19(31)17(2)11-22(28)38-23-12-21(27(28,4)29(23)15-36-29)39-24(32)8-6-5-7-20(18(3)30)37-26(34)10-16/h5-8,16-23,26,30-31,34H,9-15H2,1-4H3/b7-5?,8-6-/t16?,17-,18?,19-,20?,21-,22-,23-,26+,27-,28-,29?/m1/s1. The van der Waals surface area contributed by atoms with Gasteiger partial charge in [0.1, 0.15) is 24.4 Å². The molecular weight excluding hydrogens is 508 g/mol. The van der Waals surface area contributed by atoms with Crippen LogP contribution in [0.1, 0.15) is 59.8 Å². The highest BCUT2D eigenvalue weighted by atomic mass is 16.6. The van der Waals surface area contributed by atoms with Crippen LogP contribution >= 0.6 is 0 Å². The molecular formula is C29H42O10. The summed E-state index contributed by atoms with van der Waals surface area (Å²) in [5.41, 5.74) is -2.26. The Balaban J connectivity index is 1.50. The summed E-state index contributed by atoms with van der Waals surface area (Å²) in [5, 5.41) is 31.6. The molecule has 218 valence electrons. The van der Waals surface area contributed by atoms with Crippen LogP contribution in [0.25, 0.3) is 0 Å². The van der Waals surface area contributed by atoms with Gasteiger partial charge in [-0.2, -0.15) is 0 Å². The second-order valence-electron chi connectivity index (χ2n) is 12.5. The number of carbonyl (C=O) groups excluding carboxylic acids is 2. The molecule has 2 bridgehead atoms. The van der Waals surface area contributed by atoms with Crippen LogP contribution in [0.5, 0.6) is 0 Å². The van der Waals surface area contributed by atoms with Gasteiger partial charge in [-0.15, -0.1) is 0 Å². The fraction of sp³-hybridized carbons (Fsp3) is 0.793. The maximum Gasteiger partial charge on any atom is 0.331 e. The number of aliphatic hydroxyl groups is 3. The van der Waals surface area contributed by atoms with E-state index in [2.05, 4.69) is 0 Å². The molecule has 10 nitrogen and oxygen atoms in total. The van der Waals surface area contributed by atoms with Crippen molar-refractivity contribution >= 4 is 11.9 Å². The summed E-state index contributed by atoms with van der Waals surface area (Å²) in [6, 6.07) is 0. The summed E-state index contributed by atoms with van der Waals surface area (Å²) in [7, 11) is 0. The third kappa shape index (κ3) is 4.87. The smallest absolute Gasteiger partial charge is 0.331 e. The highest BCUT2D eigenvalue weighted by molar-refractivity contribution is 5.82. The molecule has 2 aliphatic carbocycles. The zero-order chi connectivity index (χ0) is 28.2. The lowest BCUT2D eigenvalue weighted by Gasteiger charge is -2.60. The van der Waals surface area contributed by atoms with Crippen LogP contribution in [0.4, 0.5) is 0 Å². The van der Waals surface area contributed by atoms with Crippen LogP contribution in [0.3, 0.4) is 0 Å². The maximum absolute atomic E-state index is 13.1. The van der Waals surface area contributed by atoms with Crippen molar-refractivity contribution in [2.24, 2.45) is 22.7 Å². The number of esters is 2. The number of cyclic esters (lactones) is 1. The largest absolute Gasteiger partial charge is 0.465 e. The monoisotopic (exact) mass is 550 g/mol. The van der Waals surface area contributed by atoms with E-state index >= 15 is 0 Å². The fourth-order valence-electron chi connectivity index (χ4n) is 7.55. The zero-order valence-corrected chi connectivity index (χ0v) is 23.2. The number of hydrogen-bond donors (Lipinski definition) is 3. The van der Waals surface area contributed by atoms with Gasteiger partial charge in [-0.3, -0.25) is 4.79 Å². The minimum absolute atomic E-state index is 0.00286. The van der Waals surface area contributed by atoms with E-state index in [9.17, 15) is 24.9 Å². The third-order valence-electron chi connectivity index (χ3n) is 10.0. The van der Waals surface area contributed by atoms with E-state index in [1.165, 1.54) is 19.1 Å². The van der Waals surface area contributed by atoms with Gasteiger partial charge in [0.2, 0.25) is 0 Å². The lowest BCUT2D eigenvalue weighted by atomic mass is 9.49. The number of carbonyl (C=O) groups is 2. The van der Waals surface area contributed by atoms with Crippen LogP contribution in [0.2, 0.25) is 0 Å². The van der Waals surface area contributed by atoms with E-state index in [0.717, 1.165) is 0 Å². The van der Waals surface area contributed by atoms with Gasteiger partial charge in [0, 0.05) is 30.8 Å². The molecule has 0 radical (unpaired) electrons. The molecule has 3 heterocycles. The van der Waals surface area contributed by atoms with E-state index in [4.69, 9.17) is 23.7 Å². The van der Waals surface area contributed by atoms with Gasteiger partial charge in [-0.05, 0) is 31.6 Å². The molecule has 4 unspecified atom stereocenters. The van der Waals surface area contributed by atoms with Gasteiger partial charge in [0.25, 0.3) is 0 Å². The number of ether oxygens (including phenoxy) is 5. The second-order valence-corrected chi connectivity index (χ2v) is 12.5. The van der Waals surface area contributed by atoms with E-state index in [1.807, 2.05) is 20.8 Å². The van der Waals surface area contributed by atoms with Crippen molar-refractivity contribution in [3.8, 4) is 0 Å². The van der Waals surface area contributed by atoms with E-state index in [1.54, 1.807) is 12.2 Å². The molecule has 5 aliphatic rings. The van der Waals surface area contributed by atoms with Crippen LogP contribution < -0.4 is 0 Å². The average Bonchev–Trinajstić information content (AvgIpc) is 3.63. The SMILES string of the molecule is CC1CC(=O)OC[C@]23C[C@@H](O)[C@H](C)C[C@H]2O[C@@H]2C[C@@H](OC(=O)/C=C\C=CC(C(C)O)O[C@H](O)C1)[C@@]3(C)C21CO1. The maximum atomic E-state index is 13.1. The molecule has 0 aromatic rings. The number of allylic oxidation sites excluding steroid dienone is 2. The first-order chi connectivity index (χ1) is 18.4. The van der Waals surface area contributed by atoms with Crippen molar-refractivity contribution in [2.45, 2.75) is 108 Å². The van der Waals surface area contributed by atoms with Crippen molar-refractivity contribution in [1.82, 2.24) is 0 Å². The van der Waals surface area contributed by atoms with Crippen molar-refractivity contribution in [1.29, 1.82) is 0 Å². The topological polar surface area (TPSA) is 144 Å². The normalized spacial score (nSPS) is 50.2. The summed E-state index contributed by atoms with van der Waals surface area (Å²) in [4.78, 5) is 26.0. The van der Waals surface area contributed by atoms with Crippen molar-refractivity contribution in [3.63, 3.8) is 0 Å². The van der Waals surface area contributed by atoms with Crippen LogP contribution in [0.15, 0.2) is 24.3 Å². The molecule has 0 aromatic heterocycles. The van der Waals surface area contributed by atoms with Crippen LogP contribution in [-0.4, -0.2) is 89.0 Å². The first kappa shape index (κ1) is 28.7. The molecule has 10 heteroatoms. The first-order valence-corrected chi connectivity index (χ1v) is 14.1. The number of rotatable bonds is 1. The summed E-state index contributed by atoms with van der Waals surface area (Å²) >= 11 is 0. The fourth-order valence-corrected chi connectivity index (χ4v) is 7.55. The Labute approximate surface area is 229 Å². The molecule has 4 fully saturated rings. The minimum atomic E-state index is -1.21. The van der Waals surface area contributed by atoms with Gasteiger partial charge in [-0.25, -0.2) is 4.79 Å². The highest BCUT2D eigenvalue weighted by Crippen LogP contribution is 2.72. The minimum Gasteiger partial charge on any atom is -0.465 e. The van der Waals surface area contributed by atoms with Crippen molar-refractivity contribution in [2.75, 3.05) is 13.2 Å². The Hall–Kier alpha value is -1.82. The first-order valence-electron chi connectivity index (χ1n) is 14.1.